The van der Waals surface area contributed by atoms with Crippen LogP contribution in [0.2, 0.25) is 0 Å². The lowest BCUT2D eigenvalue weighted by Gasteiger charge is -1.98. The molecule has 0 spiro atoms. The van der Waals surface area contributed by atoms with Crippen LogP contribution < -0.4 is 0 Å². The van der Waals surface area contributed by atoms with Crippen LogP contribution in [-0.2, 0) is 32.4 Å². The smallest absolute Gasteiger partial charge is 0.369 e. The van der Waals surface area contributed by atoms with E-state index in [1.165, 1.54) is 28.1 Å². The van der Waals surface area contributed by atoms with Crippen LogP contribution in [0.5, 0.6) is 0 Å². The van der Waals surface area contributed by atoms with Gasteiger partial charge in [-0.2, -0.15) is 0 Å². The van der Waals surface area contributed by atoms with Crippen molar-refractivity contribution in [3.63, 3.8) is 0 Å². The summed E-state index contributed by atoms with van der Waals surface area (Å²) in [5, 5.41) is 0. The molecular weight excluding hydrogens is 295 g/mol. The highest BCUT2D eigenvalue weighted by Gasteiger charge is 2.02. The van der Waals surface area contributed by atoms with E-state index in [0.29, 0.717) is 6.10 Å². The Morgan fingerprint density at radius 3 is 1.14 bits per heavy atom. The molecule has 0 saturated carbocycles. The van der Waals surface area contributed by atoms with E-state index in [9.17, 15) is 19.2 Å². The number of methoxy groups -OCH3 is 2. The monoisotopic (exact) mass is 318 g/mol. The topological polar surface area (TPSA) is 96.0 Å². The van der Waals surface area contributed by atoms with Crippen molar-refractivity contribution in [2.75, 3.05) is 14.2 Å². The van der Waals surface area contributed by atoms with Gasteiger partial charge in [-0.15, -0.1) is 0 Å². The van der Waals surface area contributed by atoms with E-state index in [-0.39, 0.29) is 24.4 Å². The zero-order valence-corrected chi connectivity index (χ0v) is 14.6. The first-order valence-electron chi connectivity index (χ1n) is 6.08. The Morgan fingerprint density at radius 2 is 1.10 bits per heavy atom. The first-order chi connectivity index (χ1) is 9.60. The predicted octanol–water partition coefficient (Wildman–Crippen LogP) is 0.772. The lowest BCUT2D eigenvalue weighted by Crippen LogP contribution is -2.05. The quantitative estimate of drug-likeness (QED) is 0.419. The Balaban J connectivity index is -0.000000239. The third kappa shape index (κ3) is 32.4. The van der Waals surface area contributed by atoms with Gasteiger partial charge in [0.25, 0.3) is 0 Å². The second-order valence-electron chi connectivity index (χ2n) is 4.09. The van der Waals surface area contributed by atoms with E-state index < -0.39 is 11.9 Å². The van der Waals surface area contributed by atoms with Crippen LogP contribution in [0.25, 0.3) is 0 Å². The summed E-state index contributed by atoms with van der Waals surface area (Å²) in [6.07, 6.45) is 0.118. The van der Waals surface area contributed by atoms with Crippen LogP contribution >= 0.6 is 0 Å². The van der Waals surface area contributed by atoms with E-state index in [1.807, 2.05) is 13.8 Å². The summed E-state index contributed by atoms with van der Waals surface area (Å²) in [4.78, 5) is 40.6. The Bertz CT molecular complexity index is 298. The van der Waals surface area contributed by atoms with Crippen molar-refractivity contribution in [1.82, 2.24) is 0 Å². The molecule has 2 radical (unpaired) electrons. The molecule has 0 unspecified atom stereocenters. The van der Waals surface area contributed by atoms with Crippen molar-refractivity contribution in [2.24, 2.45) is 0 Å². The van der Waals surface area contributed by atoms with Crippen molar-refractivity contribution >= 4 is 40.1 Å². The molecule has 0 heterocycles. The number of carbonyl (C=O) groups is 4. The molecule has 0 aliphatic heterocycles. The Hall–Kier alpha value is -1.23. The summed E-state index contributed by atoms with van der Waals surface area (Å²) in [5.41, 5.74) is 0. The molecule has 7 nitrogen and oxygen atoms in total. The van der Waals surface area contributed by atoms with Gasteiger partial charge in [0.15, 0.2) is 0 Å². The SMILES string of the molecule is CC(C)[O][Al].COC(=O)CC(C)=O.COC(=O)CC(C)=O. The van der Waals surface area contributed by atoms with Crippen LogP contribution in [0.3, 0.4) is 0 Å². The van der Waals surface area contributed by atoms with Gasteiger partial charge < -0.3 is 13.3 Å². The van der Waals surface area contributed by atoms with E-state index in [1.54, 1.807) is 0 Å². The molecule has 0 aromatic carbocycles. The summed E-state index contributed by atoms with van der Waals surface area (Å²) in [5.74, 6) is -1.29. The molecule has 0 aliphatic carbocycles. The van der Waals surface area contributed by atoms with Gasteiger partial charge in [-0.25, -0.2) is 0 Å². The van der Waals surface area contributed by atoms with Crippen LogP contribution in [0.1, 0.15) is 40.5 Å². The van der Waals surface area contributed by atoms with Gasteiger partial charge in [0.2, 0.25) is 0 Å². The number of carbonyl (C=O) groups excluding carboxylic acids is 4. The molecule has 120 valence electrons. The first kappa shape index (κ1) is 24.8. The highest BCUT2D eigenvalue weighted by atomic mass is 27.1. The number of hydrogen-bond acceptors (Lipinski definition) is 7. The normalized spacial score (nSPS) is 8.52. The van der Waals surface area contributed by atoms with Gasteiger partial charge in [0.1, 0.15) is 24.4 Å². The molecular formula is C13H23AlO7. The molecule has 21 heavy (non-hydrogen) atoms. The number of ether oxygens (including phenoxy) is 2. The Kier molecular flexibility index (Phi) is 19.8. The molecule has 0 amide bonds. The maximum Gasteiger partial charge on any atom is 0.369 e. The lowest BCUT2D eigenvalue weighted by molar-refractivity contribution is -0.144. The standard InChI is InChI=1S/2C5H8O3.C3H7O.Al/c2*1-4(6)3-5(7)8-2;1-3(2)4;/h2*3H2,1-2H3;3H,1-2H3;/q;;-1;+1. The van der Waals surface area contributed by atoms with Gasteiger partial charge in [0.05, 0.1) is 14.2 Å². The zero-order valence-electron chi connectivity index (χ0n) is 13.4. The van der Waals surface area contributed by atoms with Crippen molar-refractivity contribution in [1.29, 1.82) is 0 Å². The van der Waals surface area contributed by atoms with Crippen molar-refractivity contribution in [3.05, 3.63) is 0 Å². The van der Waals surface area contributed by atoms with Gasteiger partial charge in [-0.05, 0) is 27.7 Å². The Morgan fingerprint density at radius 1 is 0.857 bits per heavy atom. The van der Waals surface area contributed by atoms with Crippen molar-refractivity contribution in [2.45, 2.75) is 46.6 Å². The minimum atomic E-state index is -0.475. The molecule has 0 aromatic heterocycles. The fourth-order valence-electron chi connectivity index (χ4n) is 0.551. The van der Waals surface area contributed by atoms with Crippen LogP contribution in [-0.4, -0.2) is 60.5 Å². The number of esters is 2. The number of hydrogen-bond donors (Lipinski definition) is 0. The van der Waals surface area contributed by atoms with Crippen LogP contribution in [0, 0.1) is 0 Å². The molecule has 0 aromatic rings. The molecule has 0 rings (SSSR count). The molecule has 0 aliphatic rings. The molecule has 0 atom stereocenters. The minimum Gasteiger partial charge on any atom is -0.514 e. The minimum absolute atomic E-state index is 0.115. The fraction of sp³-hybridized carbons (Fsp3) is 0.692. The summed E-state index contributed by atoms with van der Waals surface area (Å²) >= 11 is 2.19. The van der Waals surface area contributed by atoms with Gasteiger partial charge in [-0.1, -0.05) is 0 Å². The Labute approximate surface area is 134 Å². The summed E-state index contributed by atoms with van der Waals surface area (Å²) < 4.78 is 13.1. The van der Waals surface area contributed by atoms with Gasteiger partial charge in [0, 0.05) is 6.10 Å². The predicted molar refractivity (Wildman–Crippen MR) is 76.6 cm³/mol. The maximum absolute atomic E-state index is 10.2. The van der Waals surface area contributed by atoms with Crippen LogP contribution in [0.4, 0.5) is 0 Å². The van der Waals surface area contributed by atoms with E-state index in [4.69, 9.17) is 0 Å². The second-order valence-corrected chi connectivity index (χ2v) is 4.37. The van der Waals surface area contributed by atoms with Crippen molar-refractivity contribution in [3.8, 4) is 0 Å². The molecule has 0 fully saturated rings. The lowest BCUT2D eigenvalue weighted by atomic mass is 10.3. The average Bonchev–Trinajstić information content (AvgIpc) is 2.38. The zero-order chi connectivity index (χ0) is 17.4. The third-order valence-electron chi connectivity index (χ3n) is 1.51. The molecule has 8 heteroatoms. The average molecular weight is 318 g/mol. The molecule has 0 N–H and O–H groups in total. The number of ketones is 2. The van der Waals surface area contributed by atoms with E-state index in [2.05, 4.69) is 29.9 Å². The third-order valence-corrected chi connectivity index (χ3v) is 2.06. The van der Waals surface area contributed by atoms with E-state index >= 15 is 0 Å². The summed E-state index contributed by atoms with van der Waals surface area (Å²) in [7, 11) is 2.51. The van der Waals surface area contributed by atoms with Crippen LogP contribution in [0.15, 0.2) is 0 Å². The number of Topliss-reactive ketones (excluding diaryl/α,β-unsaturated/α-hetero) is 2. The highest BCUT2D eigenvalue weighted by molar-refractivity contribution is 5.98. The van der Waals surface area contributed by atoms with Crippen molar-refractivity contribution < 1.29 is 32.4 Å². The molecule has 0 saturated heterocycles. The van der Waals surface area contributed by atoms with E-state index in [0.717, 1.165) is 0 Å². The van der Waals surface area contributed by atoms with Gasteiger partial charge >= 0.3 is 28.6 Å². The fourth-order valence-corrected chi connectivity index (χ4v) is 0.551. The maximum atomic E-state index is 10.2. The second kappa shape index (κ2) is 16.8. The van der Waals surface area contributed by atoms with Gasteiger partial charge in [-0.3, -0.25) is 19.2 Å². The highest BCUT2D eigenvalue weighted by Crippen LogP contribution is 1.83. The largest absolute Gasteiger partial charge is 0.514 e. The summed E-state index contributed by atoms with van der Waals surface area (Å²) in [6.45, 7) is 6.65. The first-order valence-corrected chi connectivity index (χ1v) is 6.55. The molecule has 0 bridgehead atoms. The number of rotatable bonds is 5. The summed E-state index contributed by atoms with van der Waals surface area (Å²) in [6, 6.07) is 0.